The first-order valence-corrected chi connectivity index (χ1v) is 6.36. The molecule has 0 saturated heterocycles. The smallest absolute Gasteiger partial charge is 0.00760 e. The molecule has 0 saturated carbocycles. The Balaban J connectivity index is 3.64. The van der Waals surface area contributed by atoms with Gasteiger partial charge in [-0.05, 0) is 59.4 Å². The van der Waals surface area contributed by atoms with Crippen LogP contribution in [0.15, 0.2) is 0 Å². The van der Waals surface area contributed by atoms with E-state index in [-0.39, 0.29) is 0 Å². The minimum absolute atomic E-state index is 0.706. The quantitative estimate of drug-likeness (QED) is 0.613. The van der Waals surface area contributed by atoms with E-state index >= 15 is 0 Å². The zero-order chi connectivity index (χ0) is 11.8. The van der Waals surface area contributed by atoms with Gasteiger partial charge < -0.3 is 9.80 Å². The average molecular weight is 214 g/mol. The van der Waals surface area contributed by atoms with E-state index in [1.807, 2.05) is 0 Å². The highest BCUT2D eigenvalue weighted by Gasteiger charge is 2.09. The van der Waals surface area contributed by atoms with Gasteiger partial charge in [-0.2, -0.15) is 0 Å². The molecule has 0 aliphatic carbocycles. The Morgan fingerprint density at radius 2 is 1.53 bits per heavy atom. The molecule has 0 aliphatic rings. The number of hydrogen-bond donors (Lipinski definition) is 0. The van der Waals surface area contributed by atoms with Crippen LogP contribution >= 0.6 is 0 Å². The van der Waals surface area contributed by atoms with Crippen LogP contribution in [0.2, 0.25) is 0 Å². The van der Waals surface area contributed by atoms with Gasteiger partial charge in [0.1, 0.15) is 0 Å². The molecule has 15 heavy (non-hydrogen) atoms. The van der Waals surface area contributed by atoms with E-state index in [1.54, 1.807) is 0 Å². The van der Waals surface area contributed by atoms with Crippen molar-refractivity contribution in [2.45, 2.75) is 46.6 Å². The molecule has 92 valence electrons. The Hall–Kier alpha value is -0.0800. The van der Waals surface area contributed by atoms with E-state index in [1.165, 1.54) is 25.9 Å². The Kier molecular flexibility index (Phi) is 8.07. The summed E-state index contributed by atoms with van der Waals surface area (Å²) in [5.74, 6) is 0.818. The third kappa shape index (κ3) is 7.80. The Bertz CT molecular complexity index is 145. The molecule has 2 nitrogen and oxygen atoms in total. The maximum absolute atomic E-state index is 2.49. The number of rotatable bonds is 8. The van der Waals surface area contributed by atoms with Crippen molar-refractivity contribution in [1.29, 1.82) is 0 Å². The van der Waals surface area contributed by atoms with Gasteiger partial charge in [0.25, 0.3) is 0 Å². The Morgan fingerprint density at radius 1 is 0.933 bits per heavy atom. The summed E-state index contributed by atoms with van der Waals surface area (Å²) in [6, 6.07) is 0.706. The van der Waals surface area contributed by atoms with Crippen molar-refractivity contribution >= 4 is 0 Å². The van der Waals surface area contributed by atoms with Gasteiger partial charge in [-0.15, -0.1) is 0 Å². The van der Waals surface area contributed by atoms with Crippen LogP contribution in [0, 0.1) is 5.92 Å². The van der Waals surface area contributed by atoms with Crippen molar-refractivity contribution in [1.82, 2.24) is 9.80 Å². The zero-order valence-corrected chi connectivity index (χ0v) is 11.6. The van der Waals surface area contributed by atoms with Crippen LogP contribution in [0.3, 0.4) is 0 Å². The van der Waals surface area contributed by atoms with E-state index in [0.29, 0.717) is 6.04 Å². The maximum Gasteiger partial charge on any atom is 0.00760 e. The number of nitrogens with zero attached hydrogens (tertiary/aromatic N) is 2. The predicted molar refractivity (Wildman–Crippen MR) is 69.3 cm³/mol. The van der Waals surface area contributed by atoms with Gasteiger partial charge in [0.15, 0.2) is 0 Å². The summed E-state index contributed by atoms with van der Waals surface area (Å²) in [6.45, 7) is 12.7. The second-order valence-electron chi connectivity index (χ2n) is 5.20. The van der Waals surface area contributed by atoms with Gasteiger partial charge in [-0.1, -0.05) is 20.8 Å². The predicted octanol–water partition coefficient (Wildman–Crippen LogP) is 2.69. The average Bonchev–Trinajstić information content (AvgIpc) is 2.21. The highest BCUT2D eigenvalue weighted by Crippen LogP contribution is 2.06. The van der Waals surface area contributed by atoms with Gasteiger partial charge in [0.2, 0.25) is 0 Å². The monoisotopic (exact) mass is 214 g/mol. The van der Waals surface area contributed by atoms with E-state index in [4.69, 9.17) is 0 Å². The zero-order valence-electron chi connectivity index (χ0n) is 11.6. The molecule has 1 unspecified atom stereocenters. The molecule has 0 amide bonds. The second kappa shape index (κ2) is 8.12. The van der Waals surface area contributed by atoms with Crippen molar-refractivity contribution in [3.8, 4) is 0 Å². The van der Waals surface area contributed by atoms with Crippen molar-refractivity contribution in [3.63, 3.8) is 0 Å². The molecule has 0 aromatic heterocycles. The minimum Gasteiger partial charge on any atom is -0.307 e. The van der Waals surface area contributed by atoms with Crippen molar-refractivity contribution in [2.75, 3.05) is 33.7 Å². The number of hydrogen-bond acceptors (Lipinski definition) is 2. The maximum atomic E-state index is 2.49. The molecule has 2 heteroatoms. The van der Waals surface area contributed by atoms with Gasteiger partial charge in [-0.25, -0.2) is 0 Å². The fraction of sp³-hybridized carbons (Fsp3) is 1.00. The van der Waals surface area contributed by atoms with Gasteiger partial charge in [0, 0.05) is 6.04 Å². The lowest BCUT2D eigenvalue weighted by Crippen LogP contribution is -2.33. The van der Waals surface area contributed by atoms with Crippen molar-refractivity contribution < 1.29 is 0 Å². The van der Waals surface area contributed by atoms with Crippen molar-refractivity contribution in [3.05, 3.63) is 0 Å². The van der Waals surface area contributed by atoms with Crippen LogP contribution in [0.4, 0.5) is 0 Å². The Labute approximate surface area is 96.6 Å². The van der Waals surface area contributed by atoms with Crippen LogP contribution in [0.25, 0.3) is 0 Å². The molecule has 0 N–H and O–H groups in total. The molecule has 0 aliphatic heterocycles. The Morgan fingerprint density at radius 3 is 2.00 bits per heavy atom. The van der Waals surface area contributed by atoms with Crippen LogP contribution in [0.1, 0.15) is 40.5 Å². The van der Waals surface area contributed by atoms with E-state index in [2.05, 4.69) is 51.6 Å². The third-order valence-electron chi connectivity index (χ3n) is 3.28. The molecule has 0 aromatic carbocycles. The summed E-state index contributed by atoms with van der Waals surface area (Å²) in [6.07, 6.45) is 2.59. The summed E-state index contributed by atoms with van der Waals surface area (Å²) < 4.78 is 0. The molecule has 1 atom stereocenters. The molecule has 0 fully saturated rings. The lowest BCUT2D eigenvalue weighted by atomic mass is 10.1. The third-order valence-corrected chi connectivity index (χ3v) is 3.28. The van der Waals surface area contributed by atoms with Crippen LogP contribution in [-0.2, 0) is 0 Å². The van der Waals surface area contributed by atoms with E-state index < -0.39 is 0 Å². The van der Waals surface area contributed by atoms with E-state index in [9.17, 15) is 0 Å². The second-order valence-corrected chi connectivity index (χ2v) is 5.20. The molecule has 0 radical (unpaired) electrons. The summed E-state index contributed by atoms with van der Waals surface area (Å²) in [7, 11) is 4.44. The first-order chi connectivity index (χ1) is 6.97. The summed E-state index contributed by atoms with van der Waals surface area (Å²) in [4.78, 5) is 4.87. The summed E-state index contributed by atoms with van der Waals surface area (Å²) >= 11 is 0. The topological polar surface area (TPSA) is 6.48 Å². The lowest BCUT2D eigenvalue weighted by molar-refractivity contribution is 0.211. The lowest BCUT2D eigenvalue weighted by Gasteiger charge is -2.27. The van der Waals surface area contributed by atoms with Gasteiger partial charge in [0.05, 0.1) is 0 Å². The molecular weight excluding hydrogens is 184 g/mol. The standard InChI is InChI=1S/C13H30N2/c1-7-14(5)10-9-13(4)15(6)11-8-12(2)3/h12-13H,7-11H2,1-6H3. The van der Waals surface area contributed by atoms with Crippen LogP contribution in [0.5, 0.6) is 0 Å². The highest BCUT2D eigenvalue weighted by molar-refractivity contribution is 4.65. The molecule has 0 spiro atoms. The molecule has 0 rings (SSSR count). The fourth-order valence-corrected chi connectivity index (χ4v) is 1.47. The van der Waals surface area contributed by atoms with E-state index in [0.717, 1.165) is 12.5 Å². The largest absolute Gasteiger partial charge is 0.307 e. The SMILES string of the molecule is CCN(C)CCC(C)N(C)CCC(C)C. The first kappa shape index (κ1) is 14.9. The molecule has 0 bridgehead atoms. The van der Waals surface area contributed by atoms with Crippen molar-refractivity contribution in [2.24, 2.45) is 5.92 Å². The highest BCUT2D eigenvalue weighted by atomic mass is 15.1. The van der Waals surface area contributed by atoms with Gasteiger partial charge in [-0.3, -0.25) is 0 Å². The first-order valence-electron chi connectivity index (χ1n) is 6.36. The van der Waals surface area contributed by atoms with Gasteiger partial charge >= 0.3 is 0 Å². The minimum atomic E-state index is 0.706. The molecule has 0 aromatic rings. The molecular formula is C13H30N2. The summed E-state index contributed by atoms with van der Waals surface area (Å²) in [5.41, 5.74) is 0. The molecule has 0 heterocycles. The summed E-state index contributed by atoms with van der Waals surface area (Å²) in [5, 5.41) is 0. The van der Waals surface area contributed by atoms with Crippen LogP contribution in [-0.4, -0.2) is 49.6 Å². The van der Waals surface area contributed by atoms with Crippen LogP contribution < -0.4 is 0 Å². The normalized spacial score (nSPS) is 14.2. The fourth-order valence-electron chi connectivity index (χ4n) is 1.47.